The first-order valence-corrected chi connectivity index (χ1v) is 11.8. The average molecular weight is 487 g/mol. The number of primary sulfonamides is 1. The second kappa shape index (κ2) is 8.26. The van der Waals surface area contributed by atoms with Crippen LogP contribution < -0.4 is 25.2 Å². The number of nitrogens with one attached hydrogen (secondary N) is 2. The van der Waals surface area contributed by atoms with Crippen molar-refractivity contribution in [3.63, 3.8) is 0 Å². The fourth-order valence-electron chi connectivity index (χ4n) is 4.12. The number of fused-ring (bicyclic) bond motifs is 3. The second-order valence-electron chi connectivity index (χ2n) is 8.04. The van der Waals surface area contributed by atoms with Crippen molar-refractivity contribution in [3.05, 3.63) is 77.9 Å². The van der Waals surface area contributed by atoms with Gasteiger partial charge in [-0.1, -0.05) is 0 Å². The first-order valence-electron chi connectivity index (χ1n) is 10.3. The third-order valence-corrected chi connectivity index (χ3v) is 6.74. The van der Waals surface area contributed by atoms with Crippen molar-refractivity contribution in [3.8, 4) is 17.2 Å². The molecule has 0 aromatic heterocycles. The third kappa shape index (κ3) is 4.27. The van der Waals surface area contributed by atoms with E-state index in [9.17, 15) is 22.0 Å². The summed E-state index contributed by atoms with van der Waals surface area (Å²) < 4.78 is 61.8. The highest BCUT2D eigenvalue weighted by Gasteiger charge is 2.57. The average Bonchev–Trinajstić information content (AvgIpc) is 3.49. The maximum Gasteiger partial charge on any atom is 0.319 e. The SMILES string of the molecule is NS(=O)(=O)c1ccc(Oc2ccc(NC(=O)N[C@@H]3[C@@H]4COc5c(F)ccc(F)c5[C@@H]43)cc2)cc1. The van der Waals surface area contributed by atoms with Crippen LogP contribution in [0, 0.1) is 17.6 Å². The molecule has 0 spiro atoms. The molecule has 0 radical (unpaired) electrons. The number of carbonyl (C=O) groups is 1. The molecule has 11 heteroatoms. The van der Waals surface area contributed by atoms with E-state index in [4.69, 9.17) is 14.6 Å². The Balaban J connectivity index is 1.18. The van der Waals surface area contributed by atoms with E-state index in [-0.39, 0.29) is 40.7 Å². The molecule has 0 bridgehead atoms. The molecule has 1 saturated carbocycles. The summed E-state index contributed by atoms with van der Waals surface area (Å²) in [6.45, 7) is 0.202. The van der Waals surface area contributed by atoms with Gasteiger partial charge < -0.3 is 20.1 Å². The standard InChI is InChI=1S/C23H19F2N3O5S/c24-17-9-10-18(25)22-20(17)19-16(11-32-22)21(19)28-23(29)27-12-1-3-13(4-2-12)33-14-5-7-15(8-6-14)34(26,30)31/h1-10,16,19,21H,11H2,(H2,26,30,31)(H2,27,28,29)/t16-,19-,21-/m1/s1. The molecule has 0 saturated heterocycles. The Kier molecular flexibility index (Phi) is 5.37. The van der Waals surface area contributed by atoms with Gasteiger partial charge in [-0.05, 0) is 60.7 Å². The number of benzene rings is 3. The van der Waals surface area contributed by atoms with E-state index in [0.29, 0.717) is 17.2 Å². The summed E-state index contributed by atoms with van der Waals surface area (Å²) in [5.41, 5.74) is 0.659. The van der Waals surface area contributed by atoms with Gasteiger partial charge in [-0.15, -0.1) is 0 Å². The van der Waals surface area contributed by atoms with Gasteiger partial charge in [0, 0.05) is 29.1 Å². The molecule has 2 aliphatic rings. The number of nitrogens with two attached hydrogens (primary N) is 1. The summed E-state index contributed by atoms with van der Waals surface area (Å²) >= 11 is 0. The van der Waals surface area contributed by atoms with Crippen LogP contribution in [0.25, 0.3) is 0 Å². The Bertz CT molecular complexity index is 1360. The van der Waals surface area contributed by atoms with Crippen molar-refractivity contribution in [1.29, 1.82) is 0 Å². The van der Waals surface area contributed by atoms with Crippen molar-refractivity contribution >= 4 is 21.7 Å². The van der Waals surface area contributed by atoms with Crippen LogP contribution in [-0.4, -0.2) is 27.1 Å². The Morgan fingerprint density at radius 2 is 1.59 bits per heavy atom. The minimum Gasteiger partial charge on any atom is -0.490 e. The predicted octanol–water partition coefficient (Wildman–Crippen LogP) is 3.70. The molecular formula is C23H19F2N3O5S. The maximum absolute atomic E-state index is 14.2. The summed E-state index contributed by atoms with van der Waals surface area (Å²) in [5, 5.41) is 10.6. The monoisotopic (exact) mass is 487 g/mol. The van der Waals surface area contributed by atoms with Crippen LogP contribution in [0.15, 0.2) is 65.6 Å². The quantitative estimate of drug-likeness (QED) is 0.507. The van der Waals surface area contributed by atoms with E-state index in [1.807, 2.05) is 0 Å². The van der Waals surface area contributed by atoms with Crippen molar-refractivity contribution in [1.82, 2.24) is 5.32 Å². The number of sulfonamides is 1. The normalized spacial score (nSPS) is 20.4. The smallest absolute Gasteiger partial charge is 0.319 e. The maximum atomic E-state index is 14.2. The fourth-order valence-corrected chi connectivity index (χ4v) is 4.63. The van der Waals surface area contributed by atoms with Crippen molar-refractivity contribution < 1.29 is 31.5 Å². The van der Waals surface area contributed by atoms with E-state index in [1.165, 1.54) is 24.3 Å². The molecule has 1 aliphatic carbocycles. The lowest BCUT2D eigenvalue weighted by atomic mass is 10.0. The molecule has 1 fully saturated rings. The zero-order valence-corrected chi connectivity index (χ0v) is 18.3. The highest BCUT2D eigenvalue weighted by atomic mass is 32.2. The van der Waals surface area contributed by atoms with Gasteiger partial charge in [0.15, 0.2) is 11.6 Å². The summed E-state index contributed by atoms with van der Waals surface area (Å²) in [6.07, 6.45) is 0. The molecule has 1 aliphatic heterocycles. The summed E-state index contributed by atoms with van der Waals surface area (Å²) in [6, 6.07) is 13.4. The van der Waals surface area contributed by atoms with Gasteiger partial charge >= 0.3 is 6.03 Å². The Morgan fingerprint density at radius 1 is 0.971 bits per heavy atom. The molecule has 1 heterocycles. The molecule has 5 rings (SSSR count). The highest BCUT2D eigenvalue weighted by molar-refractivity contribution is 7.89. The molecule has 3 atom stereocenters. The molecule has 3 aromatic rings. The van der Waals surface area contributed by atoms with Crippen LogP contribution in [-0.2, 0) is 10.0 Å². The number of anilines is 1. The van der Waals surface area contributed by atoms with E-state index < -0.39 is 27.7 Å². The minimum absolute atomic E-state index is 0.0242. The Morgan fingerprint density at radius 3 is 2.24 bits per heavy atom. The number of ether oxygens (including phenoxy) is 2. The molecule has 8 nitrogen and oxygen atoms in total. The molecule has 2 amide bonds. The molecular weight excluding hydrogens is 468 g/mol. The van der Waals surface area contributed by atoms with Crippen LogP contribution in [0.5, 0.6) is 17.2 Å². The second-order valence-corrected chi connectivity index (χ2v) is 9.60. The van der Waals surface area contributed by atoms with Crippen molar-refractivity contribution in [2.45, 2.75) is 16.9 Å². The van der Waals surface area contributed by atoms with Crippen molar-refractivity contribution in [2.24, 2.45) is 11.1 Å². The number of amides is 2. The van der Waals surface area contributed by atoms with Gasteiger partial charge in [-0.25, -0.2) is 27.1 Å². The largest absolute Gasteiger partial charge is 0.490 e. The van der Waals surface area contributed by atoms with Gasteiger partial charge in [0.05, 0.1) is 11.5 Å². The summed E-state index contributed by atoms with van der Waals surface area (Å²) in [4.78, 5) is 12.4. The molecule has 34 heavy (non-hydrogen) atoms. The third-order valence-electron chi connectivity index (χ3n) is 5.81. The summed E-state index contributed by atoms with van der Waals surface area (Å²) in [5.74, 6) is -0.825. The van der Waals surface area contributed by atoms with Gasteiger partial charge in [0.25, 0.3) is 0 Å². The number of urea groups is 1. The Hall–Kier alpha value is -3.70. The van der Waals surface area contributed by atoms with Gasteiger partial charge in [-0.3, -0.25) is 0 Å². The van der Waals surface area contributed by atoms with Crippen LogP contribution in [0.2, 0.25) is 0 Å². The van der Waals surface area contributed by atoms with E-state index >= 15 is 0 Å². The molecule has 4 N–H and O–H groups in total. The molecule has 0 unspecified atom stereocenters. The van der Waals surface area contributed by atoms with Gasteiger partial charge in [0.2, 0.25) is 10.0 Å². The lowest BCUT2D eigenvalue weighted by Crippen LogP contribution is -2.32. The first-order chi connectivity index (χ1) is 16.2. The zero-order chi connectivity index (χ0) is 24.0. The fraction of sp³-hybridized carbons (Fsp3) is 0.174. The minimum atomic E-state index is -3.78. The van der Waals surface area contributed by atoms with Crippen molar-refractivity contribution in [2.75, 3.05) is 11.9 Å². The van der Waals surface area contributed by atoms with Crippen LogP contribution in [0.1, 0.15) is 11.5 Å². The number of hydrogen-bond donors (Lipinski definition) is 3. The molecule has 176 valence electrons. The Labute approximate surface area is 193 Å². The van der Waals surface area contributed by atoms with Gasteiger partial charge in [-0.2, -0.15) is 0 Å². The van der Waals surface area contributed by atoms with Crippen LogP contribution in [0.4, 0.5) is 19.3 Å². The lowest BCUT2D eigenvalue weighted by Gasteiger charge is -2.16. The predicted molar refractivity (Wildman–Crippen MR) is 118 cm³/mol. The number of rotatable bonds is 5. The van der Waals surface area contributed by atoms with E-state index in [1.54, 1.807) is 24.3 Å². The number of halogens is 2. The van der Waals surface area contributed by atoms with Crippen LogP contribution >= 0.6 is 0 Å². The molecule has 3 aromatic carbocycles. The summed E-state index contributed by atoms with van der Waals surface area (Å²) in [7, 11) is -3.78. The highest BCUT2D eigenvalue weighted by Crippen LogP contribution is 2.55. The first kappa shape index (κ1) is 22.1. The van der Waals surface area contributed by atoms with Crippen LogP contribution in [0.3, 0.4) is 0 Å². The lowest BCUT2D eigenvalue weighted by molar-refractivity contribution is 0.247. The zero-order valence-electron chi connectivity index (χ0n) is 17.5. The van der Waals surface area contributed by atoms with E-state index in [2.05, 4.69) is 10.6 Å². The van der Waals surface area contributed by atoms with E-state index in [0.717, 1.165) is 12.1 Å². The number of carbonyl (C=O) groups excluding carboxylic acids is 1. The topological polar surface area (TPSA) is 120 Å². The van der Waals surface area contributed by atoms with Gasteiger partial charge in [0.1, 0.15) is 17.3 Å². The number of hydrogen-bond acceptors (Lipinski definition) is 5.